The lowest BCUT2D eigenvalue weighted by Gasteiger charge is -2.38. The van der Waals surface area contributed by atoms with Gasteiger partial charge in [0.15, 0.2) is 0 Å². The van der Waals surface area contributed by atoms with Gasteiger partial charge in [-0.2, -0.15) is 0 Å². The molecule has 0 aliphatic heterocycles. The van der Waals surface area contributed by atoms with Crippen LogP contribution in [0.4, 0.5) is 0 Å². The number of nitrogens with two attached hydrogens (primary N) is 1. The van der Waals surface area contributed by atoms with Gasteiger partial charge in [0.2, 0.25) is 0 Å². The molecule has 1 atom stereocenters. The maximum atomic E-state index is 5.97. The average Bonchev–Trinajstić information content (AvgIpc) is 3.15. The number of nitrogens with zero attached hydrogens (tertiary/aromatic N) is 1. The van der Waals surface area contributed by atoms with E-state index in [1.165, 1.54) is 25.7 Å². The van der Waals surface area contributed by atoms with E-state index in [4.69, 9.17) is 10.5 Å². The van der Waals surface area contributed by atoms with Gasteiger partial charge >= 0.3 is 0 Å². The van der Waals surface area contributed by atoms with Gasteiger partial charge in [-0.3, -0.25) is 4.90 Å². The third-order valence-corrected chi connectivity index (χ3v) is 4.24. The minimum Gasteiger partial charge on any atom is -0.380 e. The molecule has 1 fully saturated rings. The highest BCUT2D eigenvalue weighted by atomic mass is 16.5. The number of likely N-dealkylation sites (N-methyl/N-ethyl adjacent to an activating group) is 1. The zero-order valence-corrected chi connectivity index (χ0v) is 12.7. The largest absolute Gasteiger partial charge is 0.380 e. The number of rotatable bonds is 10. The molecule has 3 heteroatoms. The molecule has 0 spiro atoms. The molecule has 0 aromatic carbocycles. The first kappa shape index (κ1) is 15.9. The predicted octanol–water partition coefficient (Wildman–Crippen LogP) is 2.50. The van der Waals surface area contributed by atoms with Crippen molar-refractivity contribution in [2.75, 3.05) is 33.4 Å². The fraction of sp³-hybridized carbons (Fsp3) is 1.00. The standard InChI is InChI=1S/C15H32N2O/c1-13(2)7-8-15(3,12-16)17(4)9-10-18-11-14-5-6-14/h13-14H,5-12,16H2,1-4H3. The van der Waals surface area contributed by atoms with Crippen LogP contribution < -0.4 is 5.73 Å². The molecule has 0 amide bonds. The van der Waals surface area contributed by atoms with Gasteiger partial charge in [0, 0.05) is 25.2 Å². The first-order chi connectivity index (χ1) is 8.48. The van der Waals surface area contributed by atoms with Crippen molar-refractivity contribution in [2.45, 2.75) is 52.0 Å². The smallest absolute Gasteiger partial charge is 0.0593 e. The molecule has 2 N–H and O–H groups in total. The third kappa shape index (κ3) is 5.68. The van der Waals surface area contributed by atoms with E-state index >= 15 is 0 Å². The van der Waals surface area contributed by atoms with E-state index in [1.807, 2.05) is 0 Å². The zero-order chi connectivity index (χ0) is 13.6. The van der Waals surface area contributed by atoms with E-state index in [1.54, 1.807) is 0 Å². The second kappa shape index (κ2) is 7.46. The molecular weight excluding hydrogens is 224 g/mol. The SMILES string of the molecule is CC(C)CCC(C)(CN)N(C)CCOCC1CC1. The van der Waals surface area contributed by atoms with Crippen LogP contribution >= 0.6 is 0 Å². The molecule has 0 aromatic heterocycles. The highest BCUT2D eigenvalue weighted by Crippen LogP contribution is 2.28. The monoisotopic (exact) mass is 256 g/mol. The fourth-order valence-corrected chi connectivity index (χ4v) is 2.05. The van der Waals surface area contributed by atoms with Crippen LogP contribution in [0.15, 0.2) is 0 Å². The average molecular weight is 256 g/mol. The molecule has 0 heterocycles. The molecule has 1 aliphatic rings. The van der Waals surface area contributed by atoms with Crippen LogP contribution in [0.2, 0.25) is 0 Å². The fourth-order valence-electron chi connectivity index (χ4n) is 2.05. The quantitative estimate of drug-likeness (QED) is 0.610. The van der Waals surface area contributed by atoms with Crippen molar-refractivity contribution in [3.05, 3.63) is 0 Å². The van der Waals surface area contributed by atoms with Crippen molar-refractivity contribution in [1.82, 2.24) is 4.90 Å². The van der Waals surface area contributed by atoms with Crippen LogP contribution in [-0.2, 0) is 4.74 Å². The summed E-state index contributed by atoms with van der Waals surface area (Å²) in [5.41, 5.74) is 6.09. The molecule has 1 saturated carbocycles. The first-order valence-electron chi connectivity index (χ1n) is 7.47. The Morgan fingerprint density at radius 1 is 1.39 bits per heavy atom. The molecule has 18 heavy (non-hydrogen) atoms. The molecule has 0 saturated heterocycles. The molecule has 1 unspecified atom stereocenters. The van der Waals surface area contributed by atoms with Gasteiger partial charge in [0.25, 0.3) is 0 Å². The Bertz CT molecular complexity index is 229. The van der Waals surface area contributed by atoms with Gasteiger partial charge in [-0.05, 0) is 51.5 Å². The van der Waals surface area contributed by atoms with Crippen molar-refractivity contribution in [3.8, 4) is 0 Å². The first-order valence-corrected chi connectivity index (χ1v) is 7.47. The summed E-state index contributed by atoms with van der Waals surface area (Å²) < 4.78 is 5.71. The minimum absolute atomic E-state index is 0.118. The lowest BCUT2D eigenvalue weighted by atomic mass is 9.90. The van der Waals surface area contributed by atoms with Crippen molar-refractivity contribution in [3.63, 3.8) is 0 Å². The van der Waals surface area contributed by atoms with Crippen LogP contribution in [0.1, 0.15) is 46.5 Å². The molecule has 3 nitrogen and oxygen atoms in total. The van der Waals surface area contributed by atoms with E-state index in [-0.39, 0.29) is 5.54 Å². The summed E-state index contributed by atoms with van der Waals surface area (Å²) in [5, 5.41) is 0. The van der Waals surface area contributed by atoms with Crippen molar-refractivity contribution in [1.29, 1.82) is 0 Å². The highest BCUT2D eigenvalue weighted by molar-refractivity contribution is 4.85. The Labute approximate surface area is 113 Å². The summed E-state index contributed by atoms with van der Waals surface area (Å²) in [6.45, 7) is 10.3. The van der Waals surface area contributed by atoms with Gasteiger partial charge in [-0.1, -0.05) is 13.8 Å². The van der Waals surface area contributed by atoms with Crippen molar-refractivity contribution < 1.29 is 4.74 Å². The van der Waals surface area contributed by atoms with E-state index in [2.05, 4.69) is 32.7 Å². The second-order valence-electron chi connectivity index (χ2n) is 6.57. The van der Waals surface area contributed by atoms with Gasteiger partial charge in [-0.15, -0.1) is 0 Å². The molecular formula is C15H32N2O. The summed E-state index contributed by atoms with van der Waals surface area (Å²) in [6, 6.07) is 0. The van der Waals surface area contributed by atoms with Crippen molar-refractivity contribution in [2.24, 2.45) is 17.6 Å². The Morgan fingerprint density at radius 2 is 2.06 bits per heavy atom. The normalized spacial score (nSPS) is 19.5. The lowest BCUT2D eigenvalue weighted by molar-refractivity contribution is 0.0601. The van der Waals surface area contributed by atoms with Crippen LogP contribution in [0.5, 0.6) is 0 Å². The number of hydrogen-bond acceptors (Lipinski definition) is 3. The highest BCUT2D eigenvalue weighted by Gasteiger charge is 2.27. The van der Waals surface area contributed by atoms with Crippen molar-refractivity contribution >= 4 is 0 Å². The molecule has 1 aliphatic carbocycles. The molecule has 0 bridgehead atoms. The van der Waals surface area contributed by atoms with Crippen LogP contribution in [0, 0.1) is 11.8 Å². The Morgan fingerprint density at radius 3 is 2.56 bits per heavy atom. The van der Waals surface area contributed by atoms with Gasteiger partial charge in [0.05, 0.1) is 6.61 Å². The predicted molar refractivity (Wildman–Crippen MR) is 77.7 cm³/mol. The Balaban J connectivity index is 2.22. The Hall–Kier alpha value is -0.120. The van der Waals surface area contributed by atoms with E-state index in [0.29, 0.717) is 0 Å². The van der Waals surface area contributed by atoms with Crippen LogP contribution in [0.25, 0.3) is 0 Å². The van der Waals surface area contributed by atoms with E-state index in [9.17, 15) is 0 Å². The van der Waals surface area contributed by atoms with E-state index in [0.717, 1.165) is 38.1 Å². The minimum atomic E-state index is 0.118. The number of hydrogen-bond donors (Lipinski definition) is 1. The maximum Gasteiger partial charge on any atom is 0.0593 e. The topological polar surface area (TPSA) is 38.5 Å². The summed E-state index contributed by atoms with van der Waals surface area (Å²) in [7, 11) is 2.17. The lowest BCUT2D eigenvalue weighted by Crippen LogP contribution is -2.50. The summed E-state index contributed by atoms with van der Waals surface area (Å²) in [5.74, 6) is 1.60. The van der Waals surface area contributed by atoms with Crippen LogP contribution in [-0.4, -0.2) is 43.8 Å². The van der Waals surface area contributed by atoms with Gasteiger partial charge < -0.3 is 10.5 Å². The van der Waals surface area contributed by atoms with Crippen LogP contribution in [0.3, 0.4) is 0 Å². The summed E-state index contributed by atoms with van der Waals surface area (Å²) >= 11 is 0. The summed E-state index contributed by atoms with van der Waals surface area (Å²) in [6.07, 6.45) is 5.14. The Kier molecular flexibility index (Phi) is 6.61. The molecule has 1 rings (SSSR count). The zero-order valence-electron chi connectivity index (χ0n) is 12.7. The van der Waals surface area contributed by atoms with E-state index < -0.39 is 0 Å². The van der Waals surface area contributed by atoms with Gasteiger partial charge in [-0.25, -0.2) is 0 Å². The maximum absolute atomic E-state index is 5.97. The van der Waals surface area contributed by atoms with Gasteiger partial charge in [0.1, 0.15) is 0 Å². The molecule has 0 aromatic rings. The molecule has 108 valence electrons. The molecule has 0 radical (unpaired) electrons. The number of ether oxygens (including phenoxy) is 1. The summed E-state index contributed by atoms with van der Waals surface area (Å²) in [4.78, 5) is 2.38. The third-order valence-electron chi connectivity index (χ3n) is 4.24. The second-order valence-corrected chi connectivity index (χ2v) is 6.57.